The maximum absolute atomic E-state index is 5.70. The average molecular weight is 224 g/mol. The summed E-state index contributed by atoms with van der Waals surface area (Å²) in [6.07, 6.45) is 3.98. The molecule has 3 heteroatoms. The molecule has 1 aromatic rings. The van der Waals surface area contributed by atoms with Crippen molar-refractivity contribution in [2.45, 2.75) is 39.2 Å². The minimum Gasteiger partial charge on any atom is -0.271 e. The molecule has 3 atom stereocenters. The van der Waals surface area contributed by atoms with E-state index in [0.717, 1.165) is 11.8 Å². The number of hydrogen-bond donors (Lipinski definition) is 2. The summed E-state index contributed by atoms with van der Waals surface area (Å²) in [5, 5.41) is 0. The van der Waals surface area contributed by atoms with Gasteiger partial charge in [0.15, 0.2) is 0 Å². The zero-order valence-corrected chi connectivity index (χ0v) is 10.3. The molecule has 0 bridgehead atoms. The fourth-order valence-electron chi connectivity index (χ4n) is 2.62. The molecule has 1 aliphatic carbocycles. The van der Waals surface area contributed by atoms with Crippen LogP contribution in [0.2, 0.25) is 0 Å². The van der Waals surface area contributed by atoms with E-state index in [1.807, 2.05) is 11.3 Å². The number of nitrogens with two attached hydrogens (primary N) is 1. The van der Waals surface area contributed by atoms with Gasteiger partial charge in [0.25, 0.3) is 0 Å². The van der Waals surface area contributed by atoms with Crippen molar-refractivity contribution in [2.24, 2.45) is 17.7 Å². The third-order valence-corrected chi connectivity index (χ3v) is 4.54. The molecule has 0 aromatic carbocycles. The monoisotopic (exact) mass is 224 g/mol. The SMILES string of the molecule is Cc1ccc(C(NN)C2CCC(C)C2)s1. The topological polar surface area (TPSA) is 38.0 Å². The summed E-state index contributed by atoms with van der Waals surface area (Å²) in [5.74, 6) is 7.29. The van der Waals surface area contributed by atoms with Crippen molar-refractivity contribution in [3.63, 3.8) is 0 Å². The third-order valence-electron chi connectivity index (χ3n) is 3.45. The Morgan fingerprint density at radius 2 is 2.27 bits per heavy atom. The van der Waals surface area contributed by atoms with Crippen molar-refractivity contribution >= 4 is 11.3 Å². The third kappa shape index (κ3) is 2.41. The summed E-state index contributed by atoms with van der Waals surface area (Å²) in [5.41, 5.74) is 3.00. The summed E-state index contributed by atoms with van der Waals surface area (Å²) in [4.78, 5) is 2.77. The summed E-state index contributed by atoms with van der Waals surface area (Å²) in [7, 11) is 0. The number of rotatable bonds is 3. The van der Waals surface area contributed by atoms with Gasteiger partial charge in [0.05, 0.1) is 6.04 Å². The van der Waals surface area contributed by atoms with Gasteiger partial charge in [-0.2, -0.15) is 0 Å². The van der Waals surface area contributed by atoms with E-state index in [1.54, 1.807) is 0 Å². The van der Waals surface area contributed by atoms with Crippen LogP contribution in [-0.4, -0.2) is 0 Å². The Balaban J connectivity index is 2.10. The van der Waals surface area contributed by atoms with Crippen molar-refractivity contribution in [1.29, 1.82) is 0 Å². The van der Waals surface area contributed by atoms with E-state index in [0.29, 0.717) is 6.04 Å². The van der Waals surface area contributed by atoms with Crippen molar-refractivity contribution in [2.75, 3.05) is 0 Å². The van der Waals surface area contributed by atoms with E-state index in [1.165, 1.54) is 29.0 Å². The first kappa shape index (κ1) is 11.1. The lowest BCUT2D eigenvalue weighted by Crippen LogP contribution is -2.32. The van der Waals surface area contributed by atoms with E-state index in [4.69, 9.17) is 5.84 Å². The molecule has 2 nitrogen and oxygen atoms in total. The molecule has 0 saturated heterocycles. The van der Waals surface area contributed by atoms with Crippen LogP contribution in [0.3, 0.4) is 0 Å². The molecule has 3 N–H and O–H groups in total. The minimum absolute atomic E-state index is 0.369. The Hall–Kier alpha value is -0.380. The summed E-state index contributed by atoms with van der Waals surface area (Å²) in [6, 6.07) is 4.77. The van der Waals surface area contributed by atoms with Gasteiger partial charge in [-0.05, 0) is 43.7 Å². The zero-order valence-electron chi connectivity index (χ0n) is 9.49. The highest BCUT2D eigenvalue weighted by Crippen LogP contribution is 2.40. The second-order valence-corrected chi connectivity index (χ2v) is 6.09. The molecule has 0 spiro atoms. The maximum atomic E-state index is 5.70. The molecule has 0 aliphatic heterocycles. The van der Waals surface area contributed by atoms with Gasteiger partial charge in [0, 0.05) is 9.75 Å². The highest BCUT2D eigenvalue weighted by molar-refractivity contribution is 7.12. The summed E-state index contributed by atoms with van der Waals surface area (Å²) >= 11 is 1.87. The second kappa shape index (κ2) is 4.64. The van der Waals surface area contributed by atoms with Crippen LogP contribution in [0.5, 0.6) is 0 Å². The minimum atomic E-state index is 0.369. The van der Waals surface area contributed by atoms with Crippen LogP contribution in [-0.2, 0) is 0 Å². The standard InChI is InChI=1S/C12H20N2S/c1-8-3-5-10(7-8)12(14-13)11-6-4-9(2)15-11/h4,6,8,10,12,14H,3,5,7,13H2,1-2H3. The van der Waals surface area contributed by atoms with Gasteiger partial charge in [-0.15, -0.1) is 11.3 Å². The van der Waals surface area contributed by atoms with Gasteiger partial charge >= 0.3 is 0 Å². The number of aryl methyl sites for hydroxylation is 1. The van der Waals surface area contributed by atoms with Crippen molar-refractivity contribution < 1.29 is 0 Å². The molecule has 84 valence electrons. The van der Waals surface area contributed by atoms with Crippen molar-refractivity contribution in [3.8, 4) is 0 Å². The molecule has 1 saturated carbocycles. The average Bonchev–Trinajstić information content (AvgIpc) is 2.78. The first-order valence-electron chi connectivity index (χ1n) is 5.73. The molecule has 1 aliphatic rings. The van der Waals surface area contributed by atoms with E-state index >= 15 is 0 Å². The molecule has 1 aromatic heterocycles. The molecule has 1 heterocycles. The fourth-order valence-corrected chi connectivity index (χ4v) is 3.66. The molecule has 0 radical (unpaired) electrons. The Bertz CT molecular complexity index is 321. The van der Waals surface area contributed by atoms with Gasteiger partial charge in [0.2, 0.25) is 0 Å². The number of hydrogen-bond acceptors (Lipinski definition) is 3. The van der Waals surface area contributed by atoms with E-state index in [2.05, 4.69) is 31.4 Å². The number of thiophene rings is 1. The second-order valence-electron chi connectivity index (χ2n) is 4.77. The highest BCUT2D eigenvalue weighted by Gasteiger charge is 2.29. The summed E-state index contributed by atoms with van der Waals surface area (Å²) in [6.45, 7) is 4.49. The van der Waals surface area contributed by atoms with Gasteiger partial charge in [-0.25, -0.2) is 0 Å². The lowest BCUT2D eigenvalue weighted by molar-refractivity contribution is 0.369. The normalized spacial score (nSPS) is 28.2. The molecular weight excluding hydrogens is 204 g/mol. The van der Waals surface area contributed by atoms with Crippen LogP contribution in [0, 0.1) is 18.8 Å². The van der Waals surface area contributed by atoms with Gasteiger partial charge in [-0.1, -0.05) is 13.3 Å². The molecule has 15 heavy (non-hydrogen) atoms. The molecular formula is C12H20N2S. The van der Waals surface area contributed by atoms with Crippen LogP contribution in [0.4, 0.5) is 0 Å². The van der Waals surface area contributed by atoms with Gasteiger partial charge in [0.1, 0.15) is 0 Å². The maximum Gasteiger partial charge on any atom is 0.0581 e. The smallest absolute Gasteiger partial charge is 0.0581 e. The molecule has 1 fully saturated rings. The zero-order chi connectivity index (χ0) is 10.8. The summed E-state index contributed by atoms with van der Waals surface area (Å²) < 4.78 is 0. The van der Waals surface area contributed by atoms with Crippen molar-refractivity contribution in [1.82, 2.24) is 5.43 Å². The predicted molar refractivity (Wildman–Crippen MR) is 65.6 cm³/mol. The van der Waals surface area contributed by atoms with Crippen LogP contribution in [0.1, 0.15) is 42.0 Å². The van der Waals surface area contributed by atoms with E-state index in [9.17, 15) is 0 Å². The van der Waals surface area contributed by atoms with Crippen LogP contribution >= 0.6 is 11.3 Å². The van der Waals surface area contributed by atoms with Crippen LogP contribution in [0.25, 0.3) is 0 Å². The first-order chi connectivity index (χ1) is 7.20. The Morgan fingerprint density at radius 1 is 1.47 bits per heavy atom. The number of nitrogens with one attached hydrogen (secondary N) is 1. The Labute approximate surface area is 95.8 Å². The first-order valence-corrected chi connectivity index (χ1v) is 6.55. The quantitative estimate of drug-likeness (QED) is 0.612. The largest absolute Gasteiger partial charge is 0.271 e. The van der Waals surface area contributed by atoms with Crippen LogP contribution in [0.15, 0.2) is 12.1 Å². The lowest BCUT2D eigenvalue weighted by atomic mass is 9.96. The van der Waals surface area contributed by atoms with Crippen LogP contribution < -0.4 is 11.3 Å². The number of hydrazine groups is 1. The van der Waals surface area contributed by atoms with E-state index < -0.39 is 0 Å². The van der Waals surface area contributed by atoms with Gasteiger partial charge < -0.3 is 0 Å². The van der Waals surface area contributed by atoms with Gasteiger partial charge in [-0.3, -0.25) is 11.3 Å². The van der Waals surface area contributed by atoms with E-state index in [-0.39, 0.29) is 0 Å². The Kier molecular flexibility index (Phi) is 3.44. The fraction of sp³-hybridized carbons (Fsp3) is 0.667. The van der Waals surface area contributed by atoms with Crippen molar-refractivity contribution in [3.05, 3.63) is 21.9 Å². The Morgan fingerprint density at radius 3 is 2.73 bits per heavy atom. The lowest BCUT2D eigenvalue weighted by Gasteiger charge is -2.21. The molecule has 3 unspecified atom stereocenters. The molecule has 0 amide bonds. The molecule has 2 rings (SSSR count). The predicted octanol–water partition coefficient (Wildman–Crippen LogP) is 3.00. The highest BCUT2D eigenvalue weighted by atomic mass is 32.1.